The van der Waals surface area contributed by atoms with Gasteiger partial charge in [-0.3, -0.25) is 0 Å². The molecule has 1 aliphatic rings. The van der Waals surface area contributed by atoms with E-state index in [1.54, 1.807) is 4.68 Å². The number of hydrogen-bond acceptors (Lipinski definition) is 2. The van der Waals surface area contributed by atoms with Gasteiger partial charge in [0, 0.05) is 13.0 Å². The Kier molecular flexibility index (Phi) is 1.71. The Bertz CT molecular complexity index is 245. The zero-order valence-corrected chi connectivity index (χ0v) is 8.00. The monoisotopic (exact) mass is 215 g/mol. The summed E-state index contributed by atoms with van der Waals surface area (Å²) in [6, 6.07) is 0. The molecule has 0 aliphatic heterocycles. The van der Waals surface area contributed by atoms with Crippen LogP contribution in [0.5, 0.6) is 0 Å². The molecule has 1 aromatic heterocycles. The number of halogens is 1. The first kappa shape index (κ1) is 7.28. The molecule has 3 nitrogen and oxygen atoms in total. The fourth-order valence-electron chi connectivity index (χ4n) is 1.22. The van der Waals surface area contributed by atoms with E-state index in [0.717, 1.165) is 10.6 Å². The zero-order chi connectivity index (χ0) is 7.84. The zero-order valence-electron chi connectivity index (χ0n) is 6.42. The van der Waals surface area contributed by atoms with Crippen LogP contribution in [0.2, 0.25) is 0 Å². The van der Waals surface area contributed by atoms with Crippen LogP contribution in [-0.4, -0.2) is 14.8 Å². The van der Waals surface area contributed by atoms with Gasteiger partial charge in [-0.25, -0.2) is 9.67 Å². The van der Waals surface area contributed by atoms with Gasteiger partial charge in [0.2, 0.25) is 0 Å². The van der Waals surface area contributed by atoms with Gasteiger partial charge >= 0.3 is 0 Å². The molecule has 0 spiro atoms. The highest BCUT2D eigenvalue weighted by molar-refractivity contribution is 9.10. The standard InChI is InChI=1S/C7H10BrN3/c1-11-7(8)9-6(10-11)5-3-2-4-5/h5H,2-4H2,1H3. The first-order valence-corrected chi connectivity index (χ1v) is 4.63. The van der Waals surface area contributed by atoms with Crippen molar-refractivity contribution in [2.24, 2.45) is 7.05 Å². The second-order valence-electron chi connectivity index (χ2n) is 2.99. The van der Waals surface area contributed by atoms with Gasteiger partial charge in [-0.1, -0.05) is 6.42 Å². The van der Waals surface area contributed by atoms with Crippen molar-refractivity contribution >= 4 is 15.9 Å². The van der Waals surface area contributed by atoms with Crippen LogP contribution in [0.1, 0.15) is 31.0 Å². The first-order chi connectivity index (χ1) is 5.27. The van der Waals surface area contributed by atoms with Gasteiger partial charge in [0.05, 0.1) is 0 Å². The molecule has 4 heteroatoms. The van der Waals surface area contributed by atoms with Crippen LogP contribution in [0.4, 0.5) is 0 Å². The van der Waals surface area contributed by atoms with E-state index >= 15 is 0 Å². The molecule has 0 N–H and O–H groups in total. The second kappa shape index (κ2) is 2.59. The largest absolute Gasteiger partial charge is 0.243 e. The summed E-state index contributed by atoms with van der Waals surface area (Å²) in [6.07, 6.45) is 3.85. The topological polar surface area (TPSA) is 30.7 Å². The van der Waals surface area contributed by atoms with Crippen LogP contribution in [-0.2, 0) is 7.05 Å². The van der Waals surface area contributed by atoms with Crippen molar-refractivity contribution in [1.29, 1.82) is 0 Å². The summed E-state index contributed by atoms with van der Waals surface area (Å²) in [4.78, 5) is 4.30. The smallest absolute Gasteiger partial charge is 0.195 e. The van der Waals surface area contributed by atoms with Gasteiger partial charge in [0.1, 0.15) is 0 Å². The van der Waals surface area contributed by atoms with E-state index in [4.69, 9.17) is 0 Å². The fraction of sp³-hybridized carbons (Fsp3) is 0.714. The summed E-state index contributed by atoms with van der Waals surface area (Å²) in [7, 11) is 1.90. The van der Waals surface area contributed by atoms with Crippen molar-refractivity contribution < 1.29 is 0 Å². The summed E-state index contributed by atoms with van der Waals surface area (Å²) in [6.45, 7) is 0. The lowest BCUT2D eigenvalue weighted by molar-refractivity contribution is 0.400. The Labute approximate surface area is 73.9 Å². The molecule has 1 aliphatic carbocycles. The Morgan fingerprint density at radius 1 is 1.55 bits per heavy atom. The number of aryl methyl sites for hydroxylation is 1. The Morgan fingerprint density at radius 2 is 2.27 bits per heavy atom. The summed E-state index contributed by atoms with van der Waals surface area (Å²) >= 11 is 3.33. The van der Waals surface area contributed by atoms with E-state index < -0.39 is 0 Å². The summed E-state index contributed by atoms with van der Waals surface area (Å²) in [5, 5.41) is 4.29. The first-order valence-electron chi connectivity index (χ1n) is 3.84. The van der Waals surface area contributed by atoms with Crippen molar-refractivity contribution in [2.45, 2.75) is 25.2 Å². The normalized spacial score (nSPS) is 18.4. The van der Waals surface area contributed by atoms with Crippen molar-refractivity contribution in [3.63, 3.8) is 0 Å². The molecule has 0 saturated heterocycles. The van der Waals surface area contributed by atoms with Crippen molar-refractivity contribution in [3.8, 4) is 0 Å². The number of aromatic nitrogens is 3. The minimum Gasteiger partial charge on any atom is -0.243 e. The van der Waals surface area contributed by atoms with Crippen molar-refractivity contribution in [2.75, 3.05) is 0 Å². The minimum absolute atomic E-state index is 0.632. The SMILES string of the molecule is Cn1nc(C2CCC2)nc1Br. The number of hydrogen-bond donors (Lipinski definition) is 0. The summed E-state index contributed by atoms with van der Waals surface area (Å²) in [5.41, 5.74) is 0. The third-order valence-corrected chi connectivity index (χ3v) is 2.89. The lowest BCUT2D eigenvalue weighted by Gasteiger charge is -2.21. The maximum absolute atomic E-state index is 4.30. The highest BCUT2D eigenvalue weighted by atomic mass is 79.9. The van der Waals surface area contributed by atoms with Crippen LogP contribution >= 0.6 is 15.9 Å². The lowest BCUT2D eigenvalue weighted by atomic mass is 9.85. The molecular formula is C7H10BrN3. The van der Waals surface area contributed by atoms with Gasteiger partial charge in [0.25, 0.3) is 0 Å². The Hall–Kier alpha value is -0.380. The maximum Gasteiger partial charge on any atom is 0.195 e. The average Bonchev–Trinajstić information content (AvgIpc) is 2.08. The number of nitrogens with zero attached hydrogens (tertiary/aromatic N) is 3. The molecule has 0 bridgehead atoms. The lowest BCUT2D eigenvalue weighted by Crippen LogP contribution is -2.10. The van der Waals surface area contributed by atoms with Crippen LogP contribution < -0.4 is 0 Å². The molecule has 1 aromatic rings. The van der Waals surface area contributed by atoms with E-state index in [1.165, 1.54) is 19.3 Å². The van der Waals surface area contributed by atoms with Crippen molar-refractivity contribution in [3.05, 3.63) is 10.6 Å². The molecule has 0 aromatic carbocycles. The van der Waals surface area contributed by atoms with E-state index in [1.807, 2.05) is 7.05 Å². The third kappa shape index (κ3) is 1.20. The van der Waals surface area contributed by atoms with E-state index in [0.29, 0.717) is 5.92 Å². The van der Waals surface area contributed by atoms with Gasteiger partial charge in [0.15, 0.2) is 10.6 Å². The molecule has 1 saturated carbocycles. The van der Waals surface area contributed by atoms with E-state index in [9.17, 15) is 0 Å². The van der Waals surface area contributed by atoms with Crippen LogP contribution in [0, 0.1) is 0 Å². The van der Waals surface area contributed by atoms with E-state index in [2.05, 4.69) is 26.0 Å². The molecule has 0 radical (unpaired) electrons. The minimum atomic E-state index is 0.632. The highest BCUT2D eigenvalue weighted by Crippen LogP contribution is 2.34. The summed E-state index contributed by atoms with van der Waals surface area (Å²) in [5.74, 6) is 1.64. The molecule has 0 atom stereocenters. The van der Waals surface area contributed by atoms with Gasteiger partial charge in [-0.05, 0) is 28.8 Å². The fourth-order valence-corrected chi connectivity index (χ4v) is 1.48. The molecule has 0 unspecified atom stereocenters. The quantitative estimate of drug-likeness (QED) is 0.717. The second-order valence-corrected chi connectivity index (χ2v) is 3.70. The van der Waals surface area contributed by atoms with Gasteiger partial charge < -0.3 is 0 Å². The van der Waals surface area contributed by atoms with Gasteiger partial charge in [-0.15, -0.1) is 0 Å². The Morgan fingerprint density at radius 3 is 2.64 bits per heavy atom. The molecule has 1 fully saturated rings. The average molecular weight is 216 g/mol. The molecule has 0 amide bonds. The third-order valence-electron chi connectivity index (χ3n) is 2.20. The van der Waals surface area contributed by atoms with Crippen LogP contribution in [0.3, 0.4) is 0 Å². The predicted molar refractivity (Wildman–Crippen MR) is 45.3 cm³/mol. The maximum atomic E-state index is 4.30. The highest BCUT2D eigenvalue weighted by Gasteiger charge is 2.23. The van der Waals surface area contributed by atoms with Crippen LogP contribution in [0.15, 0.2) is 4.73 Å². The summed E-state index contributed by atoms with van der Waals surface area (Å²) < 4.78 is 2.60. The molecule has 11 heavy (non-hydrogen) atoms. The van der Waals surface area contributed by atoms with Crippen LogP contribution in [0.25, 0.3) is 0 Å². The Balaban J connectivity index is 2.24. The van der Waals surface area contributed by atoms with Crippen molar-refractivity contribution in [1.82, 2.24) is 14.8 Å². The molecule has 2 rings (SSSR count). The molecule has 60 valence electrons. The van der Waals surface area contributed by atoms with E-state index in [-0.39, 0.29) is 0 Å². The molecule has 1 heterocycles. The van der Waals surface area contributed by atoms with Gasteiger partial charge in [-0.2, -0.15) is 5.10 Å². The number of rotatable bonds is 1. The molecular weight excluding hydrogens is 206 g/mol. The predicted octanol–water partition coefficient (Wildman–Crippen LogP) is 1.85.